The zero-order chi connectivity index (χ0) is 30.1. The van der Waals surface area contributed by atoms with Crippen LogP contribution in [-0.4, -0.2) is 147 Å². The van der Waals surface area contributed by atoms with Crippen LogP contribution in [0.3, 0.4) is 0 Å². The van der Waals surface area contributed by atoms with Gasteiger partial charge in [0.2, 0.25) is 0 Å². The molecule has 3 N–H and O–H groups in total. The molecule has 7 nitrogen and oxygen atoms in total. The van der Waals surface area contributed by atoms with Crippen LogP contribution in [0.5, 0.6) is 0 Å². The number of rotatable bonds is 12. The van der Waals surface area contributed by atoms with Gasteiger partial charge in [-0.3, -0.25) is 0 Å². The molecule has 256 valence electrons. The van der Waals surface area contributed by atoms with E-state index in [2.05, 4.69) is 111 Å². The fourth-order valence-corrected chi connectivity index (χ4v) is 2.68. The molecule has 0 heterocycles. The van der Waals surface area contributed by atoms with Gasteiger partial charge < -0.3 is 51.8 Å². The summed E-state index contributed by atoms with van der Waals surface area (Å²) in [6, 6.07) is 0. The Morgan fingerprint density at radius 3 is 0.350 bits per heavy atom. The molecule has 0 aromatic rings. The molecule has 40 heavy (non-hydrogen) atoms. The monoisotopic (exact) mass is 603 g/mol. The molecule has 0 aliphatic rings. The van der Waals surface area contributed by atoms with E-state index in [-0.39, 0.29) is 18.8 Å². The Balaban J connectivity index is -0.0000000424. The molecule has 0 aromatic heterocycles. The fraction of sp³-hybridized carbons (Fsp3) is 1.00. The highest BCUT2D eigenvalue weighted by Gasteiger charge is 2.12. The van der Waals surface area contributed by atoms with Crippen LogP contribution in [0.4, 0.5) is 0 Å². The fourth-order valence-electron chi connectivity index (χ4n) is 2.68. The molecule has 0 radical (unpaired) electrons. The number of quaternary nitrogens is 4. The highest BCUT2D eigenvalue weighted by atomic mass is 19.0. The summed E-state index contributed by atoms with van der Waals surface area (Å²) < 4.78 is 4.83. The summed E-state index contributed by atoms with van der Waals surface area (Å²) in [5.41, 5.74) is 0. The van der Waals surface area contributed by atoms with Gasteiger partial charge in [-0.25, -0.2) is 0 Å². The highest BCUT2D eigenvalue weighted by Crippen LogP contribution is 1.99. The van der Waals surface area contributed by atoms with Crippen LogP contribution in [-0.2, 0) is 0 Å². The SMILES string of the molecule is CC[N+](C)(CC)CC.CC[N+](C)(CC)CC.CC[N+](C)(CC)CC.CC[N+](C)(CC)CC.OB(O)O.[F-].[F-].[F-].[F-]. The average molecular weight is 603 g/mol. The van der Waals surface area contributed by atoms with E-state index in [1.54, 1.807) is 0 Å². The maximum Gasteiger partial charge on any atom is 0.631 e. The predicted molar refractivity (Wildman–Crippen MR) is 164 cm³/mol. The van der Waals surface area contributed by atoms with Crippen molar-refractivity contribution in [2.24, 2.45) is 0 Å². The lowest BCUT2D eigenvalue weighted by Gasteiger charge is -2.30. The van der Waals surface area contributed by atoms with Gasteiger partial charge in [0, 0.05) is 0 Å². The Hall–Kier alpha value is -0.495. The molecule has 0 bridgehead atoms. The minimum Gasteiger partial charge on any atom is -1.00 e. The summed E-state index contributed by atoms with van der Waals surface area (Å²) in [6.07, 6.45) is 0. The van der Waals surface area contributed by atoms with Gasteiger partial charge in [-0.05, 0) is 83.1 Å². The summed E-state index contributed by atoms with van der Waals surface area (Å²) >= 11 is 0. The van der Waals surface area contributed by atoms with Crippen molar-refractivity contribution in [1.82, 2.24) is 0 Å². The molecule has 0 fully saturated rings. The first-order chi connectivity index (χ1) is 16.5. The third-order valence-electron chi connectivity index (χ3n) is 9.16. The second-order valence-electron chi connectivity index (χ2n) is 10.6. The summed E-state index contributed by atoms with van der Waals surface area (Å²) in [4.78, 5) is 0. The van der Waals surface area contributed by atoms with Gasteiger partial charge in [-0.1, -0.05) is 0 Å². The smallest absolute Gasteiger partial charge is 0.631 e. The van der Waals surface area contributed by atoms with Crippen LogP contribution < -0.4 is 18.8 Å². The van der Waals surface area contributed by atoms with Gasteiger partial charge in [-0.2, -0.15) is 0 Å². The zero-order valence-electron chi connectivity index (χ0n) is 29.7. The molecule has 12 heteroatoms. The van der Waals surface area contributed by atoms with Gasteiger partial charge in [0.05, 0.1) is 107 Å². The lowest BCUT2D eigenvalue weighted by molar-refractivity contribution is -0.904. The van der Waals surface area contributed by atoms with Crippen molar-refractivity contribution in [2.45, 2.75) is 83.1 Å². The largest absolute Gasteiger partial charge is 1.00 e. The molecule has 0 atom stereocenters. The summed E-state index contributed by atoms with van der Waals surface area (Å²) in [7, 11) is 7.00. The van der Waals surface area contributed by atoms with E-state index in [4.69, 9.17) is 15.1 Å². The lowest BCUT2D eigenvalue weighted by atomic mass is 10.3. The molecule has 0 unspecified atom stereocenters. The van der Waals surface area contributed by atoms with Gasteiger partial charge in [0.25, 0.3) is 0 Å². The predicted octanol–water partition coefficient (Wildman–Crippen LogP) is -8.07. The van der Waals surface area contributed by atoms with E-state index < -0.39 is 7.32 Å². The first kappa shape index (κ1) is 62.9. The van der Waals surface area contributed by atoms with Crippen LogP contribution in [0.1, 0.15) is 83.1 Å². The molecule has 0 aliphatic heterocycles. The van der Waals surface area contributed by atoms with Crippen LogP contribution in [0.15, 0.2) is 0 Å². The Morgan fingerprint density at radius 2 is 0.350 bits per heavy atom. The zero-order valence-corrected chi connectivity index (χ0v) is 29.7. The summed E-state index contributed by atoms with van der Waals surface area (Å²) in [5, 5.41) is 21.5. The maximum absolute atomic E-state index is 7.17. The Bertz CT molecular complexity index is 336. The quantitative estimate of drug-likeness (QED) is 0.118. The van der Waals surface area contributed by atoms with Crippen molar-refractivity contribution in [3.05, 3.63) is 0 Å². The van der Waals surface area contributed by atoms with E-state index in [1.807, 2.05) is 0 Å². The molecule has 0 rings (SSSR count). The van der Waals surface area contributed by atoms with Crippen LogP contribution in [0.2, 0.25) is 0 Å². The van der Waals surface area contributed by atoms with Crippen molar-refractivity contribution < 1.29 is 51.8 Å². The minimum absolute atomic E-state index is 0. The molecule has 0 aromatic carbocycles. The van der Waals surface area contributed by atoms with E-state index >= 15 is 0 Å². The second-order valence-corrected chi connectivity index (χ2v) is 10.6. The average Bonchev–Trinajstić information content (AvgIpc) is 2.91. The van der Waals surface area contributed by atoms with Crippen LogP contribution in [0.25, 0.3) is 0 Å². The maximum atomic E-state index is 7.17. The summed E-state index contributed by atoms with van der Waals surface area (Å²) in [6.45, 7) is 42.0. The van der Waals surface area contributed by atoms with Gasteiger partial charge in [0.15, 0.2) is 0 Å². The molecule has 0 aliphatic carbocycles. The molecular weight excluding hydrogens is 527 g/mol. The first-order valence-corrected chi connectivity index (χ1v) is 14.8. The topological polar surface area (TPSA) is 60.7 Å². The Kier molecular flexibility index (Phi) is 57.5. The van der Waals surface area contributed by atoms with E-state index in [0.29, 0.717) is 0 Å². The van der Waals surface area contributed by atoms with Crippen molar-refractivity contribution in [3.63, 3.8) is 0 Å². The number of hydrogen-bond acceptors (Lipinski definition) is 3. The molecular formula is C28H75BF4N4O3. The van der Waals surface area contributed by atoms with E-state index in [0.717, 1.165) is 0 Å². The van der Waals surface area contributed by atoms with Crippen LogP contribution in [0, 0.1) is 0 Å². The minimum atomic E-state index is -2.17. The molecule has 0 amide bonds. The number of halogens is 4. The van der Waals surface area contributed by atoms with E-state index in [1.165, 1.54) is 96.5 Å². The molecule has 0 saturated heterocycles. The standard InChI is InChI=1S/4C7H18N.BH3O3.4FH/c4*1-5-8(4,6-2)7-3;2-1(3)4;;;;/h4*5-7H2,1-4H3;2-4H;4*1H/q4*+1;;;;;/p-4. The third-order valence-corrected chi connectivity index (χ3v) is 9.16. The molecule has 0 spiro atoms. The van der Waals surface area contributed by atoms with Gasteiger partial charge >= 0.3 is 7.32 Å². The number of nitrogens with zero attached hydrogens (tertiary/aromatic N) is 4. The third kappa shape index (κ3) is 39.6. The Labute approximate surface area is 249 Å². The summed E-state index contributed by atoms with van der Waals surface area (Å²) in [5.74, 6) is 0. The van der Waals surface area contributed by atoms with E-state index in [9.17, 15) is 0 Å². The molecule has 0 saturated carbocycles. The van der Waals surface area contributed by atoms with Crippen LogP contribution >= 0.6 is 0 Å². The Morgan fingerprint density at radius 1 is 0.300 bits per heavy atom. The highest BCUT2D eigenvalue weighted by molar-refractivity contribution is 6.30. The van der Waals surface area contributed by atoms with Crippen molar-refractivity contribution in [3.8, 4) is 0 Å². The second kappa shape index (κ2) is 36.5. The normalized spacial score (nSPS) is 10.3. The lowest BCUT2D eigenvalue weighted by Crippen LogP contribution is -3.00. The first-order valence-electron chi connectivity index (χ1n) is 14.8. The van der Waals surface area contributed by atoms with Crippen molar-refractivity contribution in [2.75, 3.05) is 107 Å². The van der Waals surface area contributed by atoms with Gasteiger partial charge in [-0.15, -0.1) is 0 Å². The van der Waals surface area contributed by atoms with Crippen molar-refractivity contribution >= 4 is 7.32 Å². The van der Waals surface area contributed by atoms with Gasteiger partial charge in [0.1, 0.15) is 0 Å². The van der Waals surface area contributed by atoms with Crippen molar-refractivity contribution in [1.29, 1.82) is 0 Å². The number of hydrogen-bond donors (Lipinski definition) is 3.